The normalized spacial score (nSPS) is 25.2. The monoisotopic (exact) mass is 418 g/mol. The molecule has 3 atom stereocenters. The minimum atomic E-state index is -0.457. The van der Waals surface area contributed by atoms with Crippen LogP contribution in [0.3, 0.4) is 0 Å². The molecule has 0 spiro atoms. The number of ketones is 1. The predicted molar refractivity (Wildman–Crippen MR) is 114 cm³/mol. The molecule has 1 aromatic carbocycles. The molecule has 1 fully saturated rings. The van der Waals surface area contributed by atoms with Gasteiger partial charge in [-0.25, -0.2) is 0 Å². The molecule has 2 aromatic rings. The minimum absolute atomic E-state index is 0.0791. The first-order valence-corrected chi connectivity index (χ1v) is 11.0. The van der Waals surface area contributed by atoms with Crippen LogP contribution >= 0.6 is 0 Å². The van der Waals surface area contributed by atoms with Crippen LogP contribution in [0.2, 0.25) is 0 Å². The number of carbonyl (C=O) groups is 2. The number of hydrogen-bond acceptors (Lipinski definition) is 5. The maximum absolute atomic E-state index is 13.6. The Bertz CT molecular complexity index is 1020. The SMILES string of the molecule is CCOc1ccc(C2C3=C(OC4CCCCC4C3=O)C(=O)N2Cc2ccncc2)cc1. The average molecular weight is 418 g/mol. The highest BCUT2D eigenvalue weighted by Gasteiger charge is 2.51. The summed E-state index contributed by atoms with van der Waals surface area (Å²) in [6.07, 6.45) is 6.98. The summed E-state index contributed by atoms with van der Waals surface area (Å²) in [5, 5.41) is 0. The Labute approximate surface area is 181 Å². The van der Waals surface area contributed by atoms with E-state index in [2.05, 4.69) is 4.98 Å². The van der Waals surface area contributed by atoms with Crippen molar-refractivity contribution in [3.05, 3.63) is 71.3 Å². The third kappa shape index (κ3) is 3.50. The minimum Gasteiger partial charge on any atom is -0.494 e. The summed E-state index contributed by atoms with van der Waals surface area (Å²) in [6.45, 7) is 2.91. The molecule has 3 unspecified atom stereocenters. The van der Waals surface area contributed by atoms with Crippen LogP contribution < -0.4 is 4.74 Å². The van der Waals surface area contributed by atoms with Gasteiger partial charge in [-0.1, -0.05) is 18.6 Å². The molecule has 160 valence electrons. The van der Waals surface area contributed by atoms with E-state index in [4.69, 9.17) is 9.47 Å². The lowest BCUT2D eigenvalue weighted by Gasteiger charge is -2.35. The number of ether oxygens (including phenoxy) is 2. The largest absolute Gasteiger partial charge is 0.494 e. The summed E-state index contributed by atoms with van der Waals surface area (Å²) >= 11 is 0. The van der Waals surface area contributed by atoms with E-state index in [1.165, 1.54) is 0 Å². The molecule has 0 bridgehead atoms. The van der Waals surface area contributed by atoms with Gasteiger partial charge in [0.15, 0.2) is 11.5 Å². The van der Waals surface area contributed by atoms with Crippen molar-refractivity contribution in [2.24, 2.45) is 5.92 Å². The number of aromatic nitrogens is 1. The Kier molecular flexibility index (Phi) is 5.22. The standard InChI is InChI=1S/C25H26N2O4/c1-2-30-18-9-7-17(8-10-18)22-21-23(28)19-5-3-4-6-20(19)31-24(21)25(29)27(22)15-16-11-13-26-14-12-16/h7-14,19-20,22H,2-6,15H2,1H3. The number of benzene rings is 1. The van der Waals surface area contributed by atoms with Gasteiger partial charge < -0.3 is 14.4 Å². The maximum Gasteiger partial charge on any atom is 0.290 e. The summed E-state index contributed by atoms with van der Waals surface area (Å²) in [6, 6.07) is 11.0. The van der Waals surface area contributed by atoms with E-state index in [9.17, 15) is 9.59 Å². The van der Waals surface area contributed by atoms with Gasteiger partial charge in [-0.3, -0.25) is 14.6 Å². The summed E-state index contributed by atoms with van der Waals surface area (Å²) < 4.78 is 11.8. The van der Waals surface area contributed by atoms with Gasteiger partial charge in [-0.15, -0.1) is 0 Å². The van der Waals surface area contributed by atoms with Crippen molar-refractivity contribution in [2.75, 3.05) is 6.61 Å². The Hall–Kier alpha value is -3.15. The van der Waals surface area contributed by atoms with Crippen molar-refractivity contribution < 1.29 is 19.1 Å². The molecular formula is C25H26N2O4. The second-order valence-electron chi connectivity index (χ2n) is 8.35. The van der Waals surface area contributed by atoms with Gasteiger partial charge in [0.1, 0.15) is 11.9 Å². The Morgan fingerprint density at radius 1 is 1.06 bits per heavy atom. The van der Waals surface area contributed by atoms with Gasteiger partial charge in [0.2, 0.25) is 0 Å². The third-order valence-corrected chi connectivity index (χ3v) is 6.47. The van der Waals surface area contributed by atoms with Crippen LogP contribution in [-0.2, 0) is 20.9 Å². The van der Waals surface area contributed by atoms with Gasteiger partial charge >= 0.3 is 0 Å². The van der Waals surface area contributed by atoms with E-state index in [1.54, 1.807) is 17.3 Å². The number of carbonyl (C=O) groups excluding carboxylic acids is 2. The number of nitrogens with zero attached hydrogens (tertiary/aromatic N) is 2. The molecule has 0 N–H and O–H groups in total. The molecule has 5 rings (SSSR count). The van der Waals surface area contributed by atoms with Crippen LogP contribution in [-0.4, -0.2) is 34.3 Å². The lowest BCUT2D eigenvalue weighted by atomic mass is 9.77. The molecule has 31 heavy (non-hydrogen) atoms. The van der Waals surface area contributed by atoms with Crippen LogP contribution in [0.5, 0.6) is 5.75 Å². The molecule has 3 aliphatic rings. The highest BCUT2D eigenvalue weighted by atomic mass is 16.5. The molecule has 6 nitrogen and oxygen atoms in total. The zero-order valence-corrected chi connectivity index (χ0v) is 17.6. The first kappa shape index (κ1) is 19.8. The van der Waals surface area contributed by atoms with Crippen molar-refractivity contribution in [2.45, 2.75) is 51.3 Å². The van der Waals surface area contributed by atoms with Crippen molar-refractivity contribution >= 4 is 11.7 Å². The molecule has 3 heterocycles. The molecule has 0 radical (unpaired) electrons. The Balaban J connectivity index is 1.55. The quantitative estimate of drug-likeness (QED) is 0.735. The maximum atomic E-state index is 13.6. The van der Waals surface area contributed by atoms with Gasteiger partial charge in [0, 0.05) is 18.9 Å². The van der Waals surface area contributed by atoms with E-state index in [-0.39, 0.29) is 29.5 Å². The van der Waals surface area contributed by atoms with Crippen molar-refractivity contribution in [3.8, 4) is 5.75 Å². The Morgan fingerprint density at radius 3 is 2.55 bits per heavy atom. The molecule has 6 heteroatoms. The number of Topliss-reactive ketones (excluding diaryl/α,β-unsaturated/α-hetero) is 1. The summed E-state index contributed by atoms with van der Waals surface area (Å²) in [4.78, 5) is 32.9. The first-order chi connectivity index (χ1) is 15.2. The van der Waals surface area contributed by atoms with Crippen LogP contribution in [0.25, 0.3) is 0 Å². The molecule has 1 saturated carbocycles. The number of fused-ring (bicyclic) bond motifs is 1. The van der Waals surface area contributed by atoms with Crippen molar-refractivity contribution in [1.29, 1.82) is 0 Å². The van der Waals surface area contributed by atoms with Crippen molar-refractivity contribution in [3.63, 3.8) is 0 Å². The molecule has 2 aliphatic heterocycles. The fourth-order valence-corrected chi connectivity index (χ4v) is 5.00. The summed E-state index contributed by atoms with van der Waals surface area (Å²) in [5.74, 6) is 0.745. The predicted octanol–water partition coefficient (Wildman–Crippen LogP) is 3.98. The first-order valence-electron chi connectivity index (χ1n) is 11.0. The topological polar surface area (TPSA) is 68.7 Å². The fourth-order valence-electron chi connectivity index (χ4n) is 5.00. The van der Waals surface area contributed by atoms with E-state index in [1.807, 2.05) is 43.3 Å². The molecular weight excluding hydrogens is 392 g/mol. The Morgan fingerprint density at radius 2 is 1.81 bits per heavy atom. The lowest BCUT2D eigenvalue weighted by Crippen LogP contribution is -2.39. The van der Waals surface area contributed by atoms with Gasteiger partial charge in [-0.05, 0) is 61.6 Å². The highest BCUT2D eigenvalue weighted by Crippen LogP contribution is 2.47. The summed E-state index contributed by atoms with van der Waals surface area (Å²) in [7, 11) is 0. The van der Waals surface area contributed by atoms with E-state index in [0.29, 0.717) is 18.7 Å². The molecule has 1 amide bonds. The van der Waals surface area contributed by atoms with E-state index in [0.717, 1.165) is 42.6 Å². The fraction of sp³-hybridized carbons (Fsp3) is 0.400. The van der Waals surface area contributed by atoms with E-state index < -0.39 is 6.04 Å². The number of amides is 1. The van der Waals surface area contributed by atoms with Gasteiger partial charge in [-0.2, -0.15) is 0 Å². The summed E-state index contributed by atoms with van der Waals surface area (Å²) in [5.41, 5.74) is 2.37. The van der Waals surface area contributed by atoms with Crippen LogP contribution in [0.15, 0.2) is 60.1 Å². The number of hydrogen-bond donors (Lipinski definition) is 0. The van der Waals surface area contributed by atoms with E-state index >= 15 is 0 Å². The molecule has 0 saturated heterocycles. The molecule has 1 aromatic heterocycles. The second kappa shape index (κ2) is 8.17. The number of rotatable bonds is 5. The lowest BCUT2D eigenvalue weighted by molar-refractivity contribution is -0.135. The second-order valence-corrected chi connectivity index (χ2v) is 8.35. The zero-order chi connectivity index (χ0) is 21.4. The zero-order valence-electron chi connectivity index (χ0n) is 17.6. The molecule has 1 aliphatic carbocycles. The number of pyridine rings is 1. The third-order valence-electron chi connectivity index (χ3n) is 6.47. The average Bonchev–Trinajstić information content (AvgIpc) is 3.07. The van der Waals surface area contributed by atoms with Crippen LogP contribution in [0, 0.1) is 5.92 Å². The van der Waals surface area contributed by atoms with Crippen LogP contribution in [0.4, 0.5) is 0 Å². The van der Waals surface area contributed by atoms with Crippen molar-refractivity contribution in [1.82, 2.24) is 9.88 Å². The highest BCUT2D eigenvalue weighted by molar-refractivity contribution is 6.11. The smallest absolute Gasteiger partial charge is 0.290 e. The van der Waals surface area contributed by atoms with Gasteiger partial charge in [0.25, 0.3) is 5.91 Å². The van der Waals surface area contributed by atoms with Gasteiger partial charge in [0.05, 0.1) is 24.1 Å². The van der Waals surface area contributed by atoms with Crippen LogP contribution in [0.1, 0.15) is 49.8 Å².